The number of carbonyl (C=O) groups excluding carboxylic acids is 2. The number of aryl methyl sites for hydroxylation is 2. The van der Waals surface area contributed by atoms with Crippen LogP contribution < -0.4 is 0 Å². The van der Waals surface area contributed by atoms with Gasteiger partial charge in [-0.1, -0.05) is 30.3 Å². The van der Waals surface area contributed by atoms with Crippen LogP contribution in [-0.2, 0) is 12.8 Å². The van der Waals surface area contributed by atoms with Crippen LogP contribution in [0.15, 0.2) is 47.8 Å². The van der Waals surface area contributed by atoms with Crippen LogP contribution in [0.2, 0.25) is 0 Å². The molecule has 1 aliphatic heterocycles. The molecular weight excluding hydrogens is 356 g/mol. The molecule has 27 heavy (non-hydrogen) atoms. The molecule has 0 N–H and O–H groups in total. The van der Waals surface area contributed by atoms with Crippen LogP contribution in [-0.4, -0.2) is 47.8 Å². The molecule has 2 amide bonds. The van der Waals surface area contributed by atoms with Gasteiger partial charge in [0.05, 0.1) is 4.88 Å². The first kappa shape index (κ1) is 16.5. The van der Waals surface area contributed by atoms with Crippen molar-refractivity contribution < 1.29 is 9.59 Å². The Morgan fingerprint density at radius 2 is 1.48 bits per heavy atom. The Hall–Kier alpha value is -2.66. The zero-order valence-corrected chi connectivity index (χ0v) is 15.8. The van der Waals surface area contributed by atoms with E-state index in [1.165, 1.54) is 27.8 Å². The Labute approximate surface area is 162 Å². The van der Waals surface area contributed by atoms with Crippen molar-refractivity contribution in [3.8, 4) is 0 Å². The summed E-state index contributed by atoms with van der Waals surface area (Å²) in [5.74, 6) is 0.149. The monoisotopic (exact) mass is 376 g/mol. The van der Waals surface area contributed by atoms with E-state index in [9.17, 15) is 9.59 Å². The van der Waals surface area contributed by atoms with Crippen molar-refractivity contribution in [2.45, 2.75) is 12.8 Å². The highest BCUT2D eigenvalue weighted by Crippen LogP contribution is 2.33. The molecule has 0 spiro atoms. The molecule has 1 fully saturated rings. The Kier molecular flexibility index (Phi) is 3.97. The minimum absolute atomic E-state index is 0.0717. The maximum Gasteiger partial charge on any atom is 0.264 e. The average Bonchev–Trinajstić information content (AvgIpc) is 3.39. The molecule has 4 nitrogen and oxygen atoms in total. The van der Waals surface area contributed by atoms with Gasteiger partial charge in [0.2, 0.25) is 0 Å². The fraction of sp³-hybridized carbons (Fsp3) is 0.273. The third-order valence-electron chi connectivity index (χ3n) is 5.69. The van der Waals surface area contributed by atoms with E-state index < -0.39 is 0 Å². The summed E-state index contributed by atoms with van der Waals surface area (Å²) >= 11 is 1.47. The quantitative estimate of drug-likeness (QED) is 0.686. The zero-order valence-electron chi connectivity index (χ0n) is 15.0. The van der Waals surface area contributed by atoms with Gasteiger partial charge in [-0.2, -0.15) is 0 Å². The average molecular weight is 376 g/mol. The lowest BCUT2D eigenvalue weighted by Gasteiger charge is -2.34. The Morgan fingerprint density at radius 1 is 0.778 bits per heavy atom. The summed E-state index contributed by atoms with van der Waals surface area (Å²) in [6.07, 6.45) is 2.13. The number of hydrogen-bond acceptors (Lipinski definition) is 3. The van der Waals surface area contributed by atoms with Gasteiger partial charge in [0.25, 0.3) is 11.8 Å². The number of piperazine rings is 1. The molecule has 1 aliphatic carbocycles. The van der Waals surface area contributed by atoms with Gasteiger partial charge in [-0.3, -0.25) is 9.59 Å². The van der Waals surface area contributed by atoms with Gasteiger partial charge in [0, 0.05) is 31.7 Å². The predicted molar refractivity (Wildman–Crippen MR) is 107 cm³/mol. The minimum Gasteiger partial charge on any atom is -0.335 e. The van der Waals surface area contributed by atoms with Gasteiger partial charge in [0.15, 0.2) is 0 Å². The highest BCUT2D eigenvalue weighted by molar-refractivity contribution is 7.12. The molecule has 3 aromatic rings. The van der Waals surface area contributed by atoms with E-state index in [0.29, 0.717) is 26.2 Å². The van der Waals surface area contributed by atoms with Gasteiger partial charge in [-0.25, -0.2) is 0 Å². The molecule has 0 unspecified atom stereocenters. The van der Waals surface area contributed by atoms with Crippen molar-refractivity contribution in [1.82, 2.24) is 9.80 Å². The molecule has 136 valence electrons. The highest BCUT2D eigenvalue weighted by Gasteiger charge is 2.27. The first-order valence-electron chi connectivity index (χ1n) is 9.38. The molecule has 0 radical (unpaired) electrons. The van der Waals surface area contributed by atoms with Gasteiger partial charge in [0.1, 0.15) is 0 Å². The topological polar surface area (TPSA) is 40.6 Å². The first-order chi connectivity index (χ1) is 13.2. The number of benzene rings is 2. The number of amides is 2. The number of rotatable bonds is 2. The molecule has 5 heteroatoms. The molecular formula is C22H20N2O2S. The maximum absolute atomic E-state index is 13.2. The van der Waals surface area contributed by atoms with Gasteiger partial charge < -0.3 is 9.80 Å². The second-order valence-electron chi connectivity index (χ2n) is 7.17. The number of hydrogen-bond donors (Lipinski definition) is 0. The Morgan fingerprint density at radius 3 is 2.19 bits per heavy atom. The second kappa shape index (κ2) is 6.50. The largest absolute Gasteiger partial charge is 0.335 e. The van der Waals surface area contributed by atoms with Crippen molar-refractivity contribution in [3.63, 3.8) is 0 Å². The van der Waals surface area contributed by atoms with Crippen molar-refractivity contribution >= 4 is 33.9 Å². The lowest BCUT2D eigenvalue weighted by atomic mass is 9.99. The second-order valence-corrected chi connectivity index (χ2v) is 8.12. The van der Waals surface area contributed by atoms with E-state index in [1.54, 1.807) is 0 Å². The van der Waals surface area contributed by atoms with Crippen LogP contribution in [0.4, 0.5) is 0 Å². The summed E-state index contributed by atoms with van der Waals surface area (Å²) in [5.41, 5.74) is 3.49. The molecule has 0 bridgehead atoms. The van der Waals surface area contributed by atoms with Crippen LogP contribution in [0.25, 0.3) is 10.8 Å². The number of carbonyl (C=O) groups is 2. The summed E-state index contributed by atoms with van der Waals surface area (Å²) in [7, 11) is 0. The smallest absolute Gasteiger partial charge is 0.264 e. The molecule has 0 saturated carbocycles. The minimum atomic E-state index is 0.0717. The van der Waals surface area contributed by atoms with E-state index in [0.717, 1.165) is 28.7 Å². The van der Waals surface area contributed by atoms with Crippen molar-refractivity contribution in [1.29, 1.82) is 0 Å². The van der Waals surface area contributed by atoms with Crippen molar-refractivity contribution in [2.24, 2.45) is 0 Å². The van der Waals surface area contributed by atoms with Crippen molar-refractivity contribution in [2.75, 3.05) is 26.2 Å². The van der Waals surface area contributed by atoms with Crippen LogP contribution in [0.3, 0.4) is 0 Å². The zero-order chi connectivity index (χ0) is 18.4. The summed E-state index contributed by atoms with van der Waals surface area (Å²) in [6, 6.07) is 14.1. The fourth-order valence-corrected chi connectivity index (χ4v) is 4.96. The van der Waals surface area contributed by atoms with E-state index in [2.05, 4.69) is 24.3 Å². The third-order valence-corrected chi connectivity index (χ3v) is 6.55. The molecule has 0 atom stereocenters. The summed E-state index contributed by atoms with van der Waals surface area (Å²) in [4.78, 5) is 30.2. The summed E-state index contributed by atoms with van der Waals surface area (Å²) < 4.78 is 0. The lowest BCUT2D eigenvalue weighted by Crippen LogP contribution is -2.50. The fourth-order valence-electron chi connectivity index (χ4n) is 4.27. The van der Waals surface area contributed by atoms with Crippen LogP contribution >= 0.6 is 11.3 Å². The van der Waals surface area contributed by atoms with E-state index in [1.807, 2.05) is 33.4 Å². The lowest BCUT2D eigenvalue weighted by molar-refractivity contribution is 0.0539. The molecule has 5 rings (SSSR count). The molecule has 2 heterocycles. The van der Waals surface area contributed by atoms with Gasteiger partial charge in [-0.05, 0) is 52.3 Å². The van der Waals surface area contributed by atoms with Crippen LogP contribution in [0.1, 0.15) is 31.2 Å². The summed E-state index contributed by atoms with van der Waals surface area (Å²) in [5, 5.41) is 4.27. The van der Waals surface area contributed by atoms with E-state index >= 15 is 0 Å². The van der Waals surface area contributed by atoms with Gasteiger partial charge in [-0.15, -0.1) is 11.3 Å². The molecule has 2 aliphatic rings. The first-order valence-corrected chi connectivity index (χ1v) is 10.3. The number of nitrogens with zero attached hydrogens (tertiary/aromatic N) is 2. The van der Waals surface area contributed by atoms with Gasteiger partial charge >= 0.3 is 0 Å². The summed E-state index contributed by atoms with van der Waals surface area (Å²) in [6.45, 7) is 2.34. The van der Waals surface area contributed by atoms with Crippen molar-refractivity contribution in [3.05, 3.63) is 69.4 Å². The normalized spacial score (nSPS) is 16.1. The van der Waals surface area contributed by atoms with Crippen LogP contribution in [0, 0.1) is 0 Å². The Bertz CT molecular complexity index is 1020. The molecule has 1 aromatic heterocycles. The predicted octanol–water partition coefficient (Wildman–Crippen LogP) is 3.60. The SMILES string of the molecule is O=C(c1cccs1)N1CCN(C(=O)c2ccc3c4c(cccc24)CC3)CC1. The van der Waals surface area contributed by atoms with Crippen LogP contribution in [0.5, 0.6) is 0 Å². The molecule has 2 aromatic carbocycles. The Balaban J connectivity index is 1.36. The van der Waals surface area contributed by atoms with E-state index in [4.69, 9.17) is 0 Å². The standard InChI is InChI=1S/C22H20N2O2S/c25-21(18-9-8-16-7-6-15-3-1-4-17(18)20(15)16)23-10-12-24(13-11-23)22(26)19-5-2-14-27-19/h1-5,8-9,14H,6-7,10-13H2. The van der Waals surface area contributed by atoms with E-state index in [-0.39, 0.29) is 11.8 Å². The third kappa shape index (κ3) is 2.73. The highest BCUT2D eigenvalue weighted by atomic mass is 32.1. The molecule has 1 saturated heterocycles. The maximum atomic E-state index is 13.2. The number of thiophene rings is 1.